The van der Waals surface area contributed by atoms with E-state index in [-0.39, 0.29) is 24.4 Å². The Morgan fingerprint density at radius 2 is 2.29 bits per heavy atom. The first-order valence-electron chi connectivity index (χ1n) is 6.92. The minimum Gasteiger partial charge on any atom is -0.335 e. The van der Waals surface area contributed by atoms with Crippen LogP contribution in [0.3, 0.4) is 0 Å². The quantitative estimate of drug-likeness (QED) is 0.906. The molecule has 0 saturated carbocycles. The summed E-state index contributed by atoms with van der Waals surface area (Å²) < 4.78 is 1.64. The van der Waals surface area contributed by atoms with Crippen LogP contribution in [0.15, 0.2) is 18.5 Å². The second-order valence-electron chi connectivity index (χ2n) is 5.54. The lowest BCUT2D eigenvalue weighted by Gasteiger charge is -2.20. The minimum atomic E-state index is 0. The van der Waals surface area contributed by atoms with Gasteiger partial charge < -0.3 is 10.6 Å². The number of likely N-dealkylation sites (tertiary alicyclic amines) is 1. The van der Waals surface area contributed by atoms with E-state index >= 15 is 0 Å². The van der Waals surface area contributed by atoms with Gasteiger partial charge in [0.15, 0.2) is 5.65 Å². The van der Waals surface area contributed by atoms with Gasteiger partial charge in [0.1, 0.15) is 5.56 Å². The number of nitrogens with two attached hydrogens (primary N) is 1. The monoisotopic (exact) mass is 309 g/mol. The zero-order valence-corrected chi connectivity index (χ0v) is 13.0. The summed E-state index contributed by atoms with van der Waals surface area (Å²) in [5, 5.41) is 4.20. The van der Waals surface area contributed by atoms with Gasteiger partial charge >= 0.3 is 0 Å². The van der Waals surface area contributed by atoms with Gasteiger partial charge in [0, 0.05) is 24.5 Å². The van der Waals surface area contributed by atoms with Gasteiger partial charge in [-0.2, -0.15) is 5.10 Å². The first-order valence-corrected chi connectivity index (χ1v) is 6.92. The van der Waals surface area contributed by atoms with Crippen molar-refractivity contribution in [2.24, 2.45) is 11.7 Å². The van der Waals surface area contributed by atoms with E-state index in [0.717, 1.165) is 18.7 Å². The first-order chi connectivity index (χ1) is 9.60. The number of hydrogen-bond acceptors (Lipinski definition) is 4. The lowest BCUT2D eigenvalue weighted by molar-refractivity contribution is 0.0745. The SMILES string of the molecule is Cc1ccn2ncc(C(=O)N3CC(CN)CC3C)c2n1.Cl. The molecule has 0 spiro atoms. The van der Waals surface area contributed by atoms with Crippen LogP contribution in [0.4, 0.5) is 0 Å². The van der Waals surface area contributed by atoms with Crippen LogP contribution in [-0.4, -0.2) is 44.5 Å². The van der Waals surface area contributed by atoms with Gasteiger partial charge in [-0.3, -0.25) is 4.79 Å². The number of halogens is 1. The Morgan fingerprint density at radius 3 is 2.95 bits per heavy atom. The molecule has 7 heteroatoms. The number of fused-ring (bicyclic) bond motifs is 1. The van der Waals surface area contributed by atoms with Crippen molar-refractivity contribution in [2.75, 3.05) is 13.1 Å². The second-order valence-corrected chi connectivity index (χ2v) is 5.54. The maximum absolute atomic E-state index is 12.7. The molecular weight excluding hydrogens is 290 g/mol. The Morgan fingerprint density at radius 1 is 1.52 bits per heavy atom. The third kappa shape index (κ3) is 2.73. The minimum absolute atomic E-state index is 0. The normalized spacial score (nSPS) is 21.6. The molecule has 1 saturated heterocycles. The van der Waals surface area contributed by atoms with E-state index in [1.165, 1.54) is 0 Å². The maximum atomic E-state index is 12.7. The molecule has 2 aromatic rings. The number of carbonyl (C=O) groups excluding carboxylic acids is 1. The molecule has 2 unspecified atom stereocenters. The van der Waals surface area contributed by atoms with E-state index < -0.39 is 0 Å². The Balaban J connectivity index is 0.00000161. The van der Waals surface area contributed by atoms with Crippen molar-refractivity contribution in [1.82, 2.24) is 19.5 Å². The Kier molecular flexibility index (Phi) is 4.49. The zero-order chi connectivity index (χ0) is 14.3. The number of aryl methyl sites for hydroxylation is 1. The van der Waals surface area contributed by atoms with E-state index in [2.05, 4.69) is 17.0 Å². The molecule has 3 heterocycles. The highest BCUT2D eigenvalue weighted by atomic mass is 35.5. The van der Waals surface area contributed by atoms with Crippen LogP contribution in [0.5, 0.6) is 0 Å². The summed E-state index contributed by atoms with van der Waals surface area (Å²) in [5.74, 6) is 0.395. The van der Waals surface area contributed by atoms with E-state index in [1.54, 1.807) is 10.7 Å². The Labute approximate surface area is 129 Å². The third-order valence-corrected chi connectivity index (χ3v) is 3.99. The van der Waals surface area contributed by atoms with Crippen LogP contribution in [0.2, 0.25) is 0 Å². The molecule has 0 radical (unpaired) electrons. The summed E-state index contributed by atoms with van der Waals surface area (Å²) in [6.07, 6.45) is 4.39. The van der Waals surface area contributed by atoms with E-state index in [1.807, 2.05) is 24.1 Å². The summed E-state index contributed by atoms with van der Waals surface area (Å²) in [4.78, 5) is 19.0. The van der Waals surface area contributed by atoms with Gasteiger partial charge in [-0.1, -0.05) is 0 Å². The van der Waals surface area contributed by atoms with Crippen molar-refractivity contribution in [2.45, 2.75) is 26.3 Å². The Bertz CT molecular complexity index is 656. The molecule has 2 N–H and O–H groups in total. The summed E-state index contributed by atoms with van der Waals surface area (Å²) in [6.45, 7) is 5.32. The molecule has 3 rings (SSSR count). The molecule has 0 aliphatic carbocycles. The largest absolute Gasteiger partial charge is 0.335 e. The smallest absolute Gasteiger partial charge is 0.259 e. The number of carbonyl (C=O) groups is 1. The molecule has 114 valence electrons. The van der Waals surface area contributed by atoms with Crippen LogP contribution in [0.1, 0.15) is 29.4 Å². The van der Waals surface area contributed by atoms with E-state index in [9.17, 15) is 4.79 Å². The molecule has 1 aliphatic rings. The molecule has 1 fully saturated rings. The molecule has 21 heavy (non-hydrogen) atoms. The van der Waals surface area contributed by atoms with Gasteiger partial charge in [-0.15, -0.1) is 12.4 Å². The number of amides is 1. The van der Waals surface area contributed by atoms with Crippen molar-refractivity contribution < 1.29 is 4.79 Å². The highest BCUT2D eigenvalue weighted by molar-refractivity contribution is 6.00. The summed E-state index contributed by atoms with van der Waals surface area (Å²) in [5.41, 5.74) is 7.79. The van der Waals surface area contributed by atoms with Crippen molar-refractivity contribution >= 4 is 24.0 Å². The highest BCUT2D eigenvalue weighted by Gasteiger charge is 2.33. The summed E-state index contributed by atoms with van der Waals surface area (Å²) in [6, 6.07) is 2.09. The van der Waals surface area contributed by atoms with Gasteiger partial charge in [0.05, 0.1) is 6.20 Å². The molecular formula is C14H20ClN5O. The number of aromatic nitrogens is 3. The first kappa shape index (κ1) is 15.7. The molecule has 2 aromatic heterocycles. The summed E-state index contributed by atoms with van der Waals surface area (Å²) in [7, 11) is 0. The van der Waals surface area contributed by atoms with Crippen molar-refractivity contribution in [1.29, 1.82) is 0 Å². The standard InChI is InChI=1S/C14H19N5O.ClH/c1-9-3-4-19-13(17-9)12(7-16-19)14(20)18-8-11(6-15)5-10(18)2;/h3-4,7,10-11H,5-6,8,15H2,1-2H3;1H. The fraction of sp³-hybridized carbons (Fsp3) is 0.500. The van der Waals surface area contributed by atoms with Gasteiger partial charge in [0.25, 0.3) is 5.91 Å². The molecule has 1 aliphatic heterocycles. The van der Waals surface area contributed by atoms with Crippen molar-refractivity contribution in [3.05, 3.63) is 29.7 Å². The zero-order valence-electron chi connectivity index (χ0n) is 12.2. The number of nitrogens with zero attached hydrogens (tertiary/aromatic N) is 4. The average molecular weight is 310 g/mol. The lowest BCUT2D eigenvalue weighted by Crippen LogP contribution is -2.34. The van der Waals surface area contributed by atoms with E-state index in [0.29, 0.717) is 23.7 Å². The molecule has 1 amide bonds. The fourth-order valence-corrected chi connectivity index (χ4v) is 2.86. The molecule has 2 atom stereocenters. The molecule has 0 aromatic carbocycles. The predicted octanol–water partition coefficient (Wildman–Crippen LogP) is 1.27. The number of rotatable bonds is 2. The Hall–Kier alpha value is -1.66. The van der Waals surface area contributed by atoms with Gasteiger partial charge in [0.2, 0.25) is 0 Å². The number of hydrogen-bond donors (Lipinski definition) is 1. The van der Waals surface area contributed by atoms with Crippen LogP contribution in [-0.2, 0) is 0 Å². The molecule has 6 nitrogen and oxygen atoms in total. The predicted molar refractivity (Wildman–Crippen MR) is 82.6 cm³/mol. The lowest BCUT2D eigenvalue weighted by atomic mass is 10.1. The third-order valence-electron chi connectivity index (χ3n) is 3.99. The van der Waals surface area contributed by atoms with Crippen molar-refractivity contribution in [3.8, 4) is 0 Å². The topological polar surface area (TPSA) is 76.5 Å². The van der Waals surface area contributed by atoms with Gasteiger partial charge in [-0.25, -0.2) is 9.50 Å². The second kappa shape index (κ2) is 5.99. The average Bonchev–Trinajstić information content (AvgIpc) is 3.01. The fourth-order valence-electron chi connectivity index (χ4n) is 2.86. The van der Waals surface area contributed by atoms with Crippen LogP contribution in [0, 0.1) is 12.8 Å². The maximum Gasteiger partial charge on any atom is 0.259 e. The van der Waals surface area contributed by atoms with Crippen LogP contribution < -0.4 is 5.73 Å². The highest BCUT2D eigenvalue weighted by Crippen LogP contribution is 2.25. The van der Waals surface area contributed by atoms with E-state index in [4.69, 9.17) is 5.73 Å². The molecule has 0 bridgehead atoms. The summed E-state index contributed by atoms with van der Waals surface area (Å²) >= 11 is 0. The van der Waals surface area contributed by atoms with Gasteiger partial charge in [-0.05, 0) is 38.8 Å². The van der Waals surface area contributed by atoms with Crippen LogP contribution in [0.25, 0.3) is 5.65 Å². The van der Waals surface area contributed by atoms with Crippen molar-refractivity contribution in [3.63, 3.8) is 0 Å². The van der Waals surface area contributed by atoms with Crippen LogP contribution >= 0.6 is 12.4 Å².